The van der Waals surface area contributed by atoms with Crippen molar-refractivity contribution in [1.82, 2.24) is 20.6 Å². The number of benzene rings is 2. The van der Waals surface area contributed by atoms with Gasteiger partial charge in [0.05, 0.1) is 0 Å². The zero-order valence-corrected chi connectivity index (χ0v) is 11.1. The topological polar surface area (TPSA) is 80.5 Å². The molecule has 0 radical (unpaired) electrons. The Kier molecular flexibility index (Phi) is 3.34. The van der Waals surface area contributed by atoms with Crippen molar-refractivity contribution in [2.75, 3.05) is 5.73 Å². The van der Waals surface area contributed by atoms with Gasteiger partial charge in [-0.1, -0.05) is 23.9 Å². The van der Waals surface area contributed by atoms with Crippen molar-refractivity contribution in [1.29, 1.82) is 0 Å². The van der Waals surface area contributed by atoms with Gasteiger partial charge in [-0.05, 0) is 35.5 Å². The van der Waals surface area contributed by atoms with E-state index in [2.05, 4.69) is 20.6 Å². The third kappa shape index (κ3) is 2.48. The quantitative estimate of drug-likeness (QED) is 0.724. The summed E-state index contributed by atoms with van der Waals surface area (Å²) in [5.41, 5.74) is 7.07. The summed E-state index contributed by atoms with van der Waals surface area (Å²) in [4.78, 5) is 1.70. The van der Waals surface area contributed by atoms with Crippen molar-refractivity contribution >= 4 is 17.4 Å². The maximum Gasteiger partial charge on any atom is 0.205 e. The second kappa shape index (κ2) is 5.30. The number of nitrogens with one attached hydrogen (secondary N) is 1. The van der Waals surface area contributed by atoms with Gasteiger partial charge < -0.3 is 5.73 Å². The first-order valence-corrected chi connectivity index (χ1v) is 6.61. The smallest absolute Gasteiger partial charge is 0.205 e. The number of rotatable bonds is 3. The Balaban J connectivity index is 1.99. The molecule has 0 unspecified atom stereocenters. The molecule has 0 bridgehead atoms. The van der Waals surface area contributed by atoms with Crippen molar-refractivity contribution < 1.29 is 4.39 Å². The number of nitrogen functional groups attached to an aromatic ring is 1. The number of aromatic amines is 1. The molecule has 0 saturated heterocycles. The lowest BCUT2D eigenvalue weighted by molar-refractivity contribution is 0.627. The normalized spacial score (nSPS) is 10.7. The largest absolute Gasteiger partial charge is 0.398 e. The van der Waals surface area contributed by atoms with Crippen molar-refractivity contribution in [3.8, 4) is 11.4 Å². The van der Waals surface area contributed by atoms with E-state index in [9.17, 15) is 4.39 Å². The van der Waals surface area contributed by atoms with Gasteiger partial charge in [0.25, 0.3) is 0 Å². The van der Waals surface area contributed by atoms with Crippen molar-refractivity contribution in [3.05, 3.63) is 48.3 Å². The standard InChI is InChI=1S/C13H10FN5S/c14-8-5-6-12(10(15)7-8)20-11-4-2-1-3-9(11)13-16-18-19-17-13/h1-7H,15H2,(H,16,17,18,19). The molecule has 0 aliphatic rings. The molecule has 1 heterocycles. The van der Waals surface area contributed by atoms with Gasteiger partial charge in [-0.2, -0.15) is 5.21 Å². The predicted molar refractivity (Wildman–Crippen MR) is 74.5 cm³/mol. The summed E-state index contributed by atoms with van der Waals surface area (Å²) in [5.74, 6) is 0.159. The van der Waals surface area contributed by atoms with Crippen LogP contribution in [-0.2, 0) is 0 Å². The fraction of sp³-hybridized carbons (Fsp3) is 0. The lowest BCUT2D eigenvalue weighted by atomic mass is 10.2. The molecule has 3 aromatic rings. The van der Waals surface area contributed by atoms with Gasteiger partial charge in [0.2, 0.25) is 5.82 Å². The minimum atomic E-state index is -0.349. The van der Waals surface area contributed by atoms with E-state index in [1.165, 1.54) is 23.9 Å². The van der Waals surface area contributed by atoms with E-state index in [1.54, 1.807) is 6.07 Å². The van der Waals surface area contributed by atoms with Gasteiger partial charge in [0.15, 0.2) is 0 Å². The van der Waals surface area contributed by atoms with Gasteiger partial charge in [0, 0.05) is 21.0 Å². The average molecular weight is 287 g/mol. The number of nitrogens with zero attached hydrogens (tertiary/aromatic N) is 3. The maximum absolute atomic E-state index is 13.1. The Morgan fingerprint density at radius 1 is 1.10 bits per heavy atom. The maximum atomic E-state index is 13.1. The molecule has 2 aromatic carbocycles. The Morgan fingerprint density at radius 2 is 1.95 bits per heavy atom. The van der Waals surface area contributed by atoms with Crippen LogP contribution in [-0.4, -0.2) is 20.6 Å². The fourth-order valence-electron chi connectivity index (χ4n) is 1.75. The Morgan fingerprint density at radius 3 is 2.70 bits per heavy atom. The predicted octanol–water partition coefficient (Wildman–Crippen LogP) is 2.74. The Hall–Kier alpha value is -2.41. The molecule has 20 heavy (non-hydrogen) atoms. The van der Waals surface area contributed by atoms with E-state index in [1.807, 2.05) is 24.3 Å². The molecule has 0 spiro atoms. The lowest BCUT2D eigenvalue weighted by Gasteiger charge is -2.08. The van der Waals surface area contributed by atoms with Gasteiger partial charge in [-0.25, -0.2) is 4.39 Å². The molecule has 0 aliphatic carbocycles. The summed E-state index contributed by atoms with van der Waals surface area (Å²) < 4.78 is 13.1. The van der Waals surface area contributed by atoms with Crippen LogP contribution in [0.4, 0.5) is 10.1 Å². The number of halogens is 1. The fourth-order valence-corrected chi connectivity index (χ4v) is 2.71. The highest BCUT2D eigenvalue weighted by Gasteiger charge is 2.11. The molecule has 5 nitrogen and oxygen atoms in total. The van der Waals surface area contributed by atoms with Crippen LogP contribution in [0.2, 0.25) is 0 Å². The number of nitrogens with two attached hydrogens (primary N) is 1. The van der Waals surface area contributed by atoms with E-state index in [-0.39, 0.29) is 5.82 Å². The van der Waals surface area contributed by atoms with E-state index in [0.717, 1.165) is 15.4 Å². The van der Waals surface area contributed by atoms with Crippen molar-refractivity contribution in [2.45, 2.75) is 9.79 Å². The molecule has 7 heteroatoms. The van der Waals surface area contributed by atoms with E-state index in [0.29, 0.717) is 11.5 Å². The highest BCUT2D eigenvalue weighted by atomic mass is 32.2. The zero-order chi connectivity index (χ0) is 13.9. The lowest BCUT2D eigenvalue weighted by Crippen LogP contribution is -1.91. The SMILES string of the molecule is Nc1cc(F)ccc1Sc1ccccc1-c1nn[nH]n1. The Labute approximate surface area is 118 Å². The Bertz CT molecular complexity index is 729. The molecule has 0 aliphatic heterocycles. The summed E-state index contributed by atoms with van der Waals surface area (Å²) >= 11 is 1.43. The summed E-state index contributed by atoms with van der Waals surface area (Å²) in [5, 5.41) is 13.9. The average Bonchev–Trinajstić information content (AvgIpc) is 2.96. The van der Waals surface area contributed by atoms with Crippen molar-refractivity contribution in [3.63, 3.8) is 0 Å². The summed E-state index contributed by atoms with van der Waals surface area (Å²) in [6.45, 7) is 0. The van der Waals surface area contributed by atoms with Crippen LogP contribution in [0.15, 0.2) is 52.3 Å². The molecule has 0 fully saturated rings. The highest BCUT2D eigenvalue weighted by Crippen LogP contribution is 2.37. The second-order valence-corrected chi connectivity index (χ2v) is 5.10. The minimum Gasteiger partial charge on any atom is -0.398 e. The number of anilines is 1. The third-order valence-electron chi connectivity index (χ3n) is 2.67. The summed E-state index contributed by atoms with van der Waals surface area (Å²) in [7, 11) is 0. The molecular formula is C13H10FN5S. The van der Waals surface area contributed by atoms with Gasteiger partial charge in [0.1, 0.15) is 5.82 Å². The monoisotopic (exact) mass is 287 g/mol. The van der Waals surface area contributed by atoms with E-state index in [4.69, 9.17) is 5.73 Å². The molecular weight excluding hydrogens is 277 g/mol. The summed E-state index contributed by atoms with van der Waals surface area (Å²) in [6.07, 6.45) is 0. The van der Waals surface area contributed by atoms with Gasteiger partial charge in [-0.15, -0.1) is 10.2 Å². The molecule has 3 N–H and O–H groups in total. The van der Waals surface area contributed by atoms with Crippen LogP contribution in [0.5, 0.6) is 0 Å². The number of hydrogen-bond acceptors (Lipinski definition) is 5. The second-order valence-electron chi connectivity index (χ2n) is 4.02. The first-order chi connectivity index (χ1) is 9.74. The highest BCUT2D eigenvalue weighted by molar-refractivity contribution is 7.99. The molecule has 1 aromatic heterocycles. The van der Waals surface area contributed by atoms with E-state index >= 15 is 0 Å². The first kappa shape index (κ1) is 12.6. The van der Waals surface area contributed by atoms with Crippen LogP contribution in [0.3, 0.4) is 0 Å². The third-order valence-corrected chi connectivity index (χ3v) is 3.83. The van der Waals surface area contributed by atoms with Gasteiger partial charge in [-0.3, -0.25) is 0 Å². The van der Waals surface area contributed by atoms with Gasteiger partial charge >= 0.3 is 0 Å². The van der Waals surface area contributed by atoms with Crippen molar-refractivity contribution in [2.24, 2.45) is 0 Å². The minimum absolute atomic E-state index is 0.349. The van der Waals surface area contributed by atoms with Crippen LogP contribution in [0, 0.1) is 5.82 Å². The molecule has 3 rings (SSSR count). The van der Waals surface area contributed by atoms with Crippen LogP contribution in [0.25, 0.3) is 11.4 Å². The van der Waals surface area contributed by atoms with Crippen LogP contribution in [0.1, 0.15) is 0 Å². The molecule has 0 amide bonds. The zero-order valence-electron chi connectivity index (χ0n) is 10.2. The number of H-pyrrole nitrogens is 1. The van der Waals surface area contributed by atoms with E-state index < -0.39 is 0 Å². The molecule has 0 saturated carbocycles. The number of aromatic nitrogens is 4. The number of tetrazole rings is 1. The van der Waals surface area contributed by atoms with Crippen LogP contribution >= 0.6 is 11.8 Å². The molecule has 0 atom stereocenters. The number of hydrogen-bond donors (Lipinski definition) is 2. The molecule has 100 valence electrons. The summed E-state index contributed by atoms with van der Waals surface area (Å²) in [6, 6.07) is 12.0. The van der Waals surface area contributed by atoms with Crippen LogP contribution < -0.4 is 5.73 Å². The first-order valence-electron chi connectivity index (χ1n) is 5.80.